The van der Waals surface area contributed by atoms with E-state index >= 15 is 0 Å². The van der Waals surface area contributed by atoms with Crippen molar-refractivity contribution in [3.05, 3.63) is 0 Å². The number of hydrogen-bond acceptors (Lipinski definition) is 6. The van der Waals surface area contributed by atoms with Crippen LogP contribution in [0.1, 0.15) is 13.3 Å². The molecular formula is C10H15NO4S4. The van der Waals surface area contributed by atoms with Crippen molar-refractivity contribution in [3.63, 3.8) is 0 Å². The summed E-state index contributed by atoms with van der Waals surface area (Å²) >= 11 is 6.77. The van der Waals surface area contributed by atoms with Gasteiger partial charge in [0.15, 0.2) is 19.7 Å². The number of hydrogen-bond donors (Lipinski definition) is 0. The zero-order valence-corrected chi connectivity index (χ0v) is 13.7. The molecule has 0 aromatic heterocycles. The highest BCUT2D eigenvalue weighted by molar-refractivity contribution is 8.24. The first-order valence-electron chi connectivity index (χ1n) is 6.03. The van der Waals surface area contributed by atoms with Gasteiger partial charge in [-0.15, -0.1) is 0 Å². The monoisotopic (exact) mass is 341 g/mol. The molecule has 0 spiro atoms. The van der Waals surface area contributed by atoms with Gasteiger partial charge < -0.3 is 4.90 Å². The van der Waals surface area contributed by atoms with Gasteiger partial charge >= 0.3 is 0 Å². The molecule has 3 atom stereocenters. The van der Waals surface area contributed by atoms with E-state index in [4.69, 9.17) is 12.2 Å². The number of rotatable bonds is 1. The molecule has 5 nitrogen and oxygen atoms in total. The molecule has 0 saturated carbocycles. The molecule has 0 aromatic carbocycles. The Hall–Kier alpha value is 0.140. The Morgan fingerprint density at radius 1 is 1.26 bits per heavy atom. The van der Waals surface area contributed by atoms with Crippen LogP contribution in [0.15, 0.2) is 0 Å². The molecule has 3 aliphatic rings. The summed E-state index contributed by atoms with van der Waals surface area (Å²) in [5.74, 6) is 0.490. The molecule has 0 N–H and O–H groups in total. The highest BCUT2D eigenvalue weighted by atomic mass is 32.2. The highest BCUT2D eigenvalue weighted by Gasteiger charge is 2.55. The van der Waals surface area contributed by atoms with E-state index in [1.807, 2.05) is 11.8 Å². The summed E-state index contributed by atoms with van der Waals surface area (Å²) in [7, 11) is -6.05. The van der Waals surface area contributed by atoms with Crippen molar-refractivity contribution < 1.29 is 16.8 Å². The molecule has 3 aliphatic heterocycles. The van der Waals surface area contributed by atoms with Crippen molar-refractivity contribution in [1.82, 2.24) is 4.90 Å². The maximum Gasteiger partial charge on any atom is 0.153 e. The molecule has 0 unspecified atom stereocenters. The lowest BCUT2D eigenvalue weighted by Gasteiger charge is -2.39. The Labute approximate surface area is 122 Å². The molecule has 3 heterocycles. The fourth-order valence-corrected chi connectivity index (χ4v) is 10.0. The van der Waals surface area contributed by atoms with Crippen molar-refractivity contribution in [3.8, 4) is 0 Å². The van der Waals surface area contributed by atoms with Gasteiger partial charge in [0.25, 0.3) is 0 Å². The fourth-order valence-electron chi connectivity index (χ4n) is 3.28. The molecule has 0 aliphatic carbocycles. The van der Waals surface area contributed by atoms with Crippen molar-refractivity contribution >= 4 is 48.0 Å². The van der Waals surface area contributed by atoms with Gasteiger partial charge in [0, 0.05) is 5.25 Å². The minimum Gasteiger partial charge on any atom is -0.346 e. The Balaban J connectivity index is 1.95. The van der Waals surface area contributed by atoms with Gasteiger partial charge in [-0.2, -0.15) is 0 Å². The van der Waals surface area contributed by atoms with E-state index in [2.05, 4.69) is 0 Å². The van der Waals surface area contributed by atoms with E-state index in [1.165, 1.54) is 11.8 Å². The highest BCUT2D eigenvalue weighted by Crippen LogP contribution is 2.44. The fraction of sp³-hybridized carbons (Fsp3) is 0.900. The summed E-state index contributed by atoms with van der Waals surface area (Å²) in [6.07, 6.45) is 0.527. The number of thioether (sulfide) groups is 1. The molecule has 9 heteroatoms. The summed E-state index contributed by atoms with van der Waals surface area (Å²) in [5.41, 5.74) is -0.539. The first-order valence-corrected chi connectivity index (χ1v) is 11.0. The van der Waals surface area contributed by atoms with Crippen LogP contribution in [0.25, 0.3) is 0 Å². The Morgan fingerprint density at radius 2 is 1.95 bits per heavy atom. The van der Waals surface area contributed by atoms with E-state index in [0.29, 0.717) is 10.7 Å². The third kappa shape index (κ3) is 2.32. The average Bonchev–Trinajstić information content (AvgIpc) is 2.74. The molecule has 0 aromatic rings. The maximum absolute atomic E-state index is 11.7. The lowest BCUT2D eigenvalue weighted by Crippen LogP contribution is -2.53. The van der Waals surface area contributed by atoms with Crippen LogP contribution < -0.4 is 0 Å². The third-order valence-corrected chi connectivity index (χ3v) is 9.60. The van der Waals surface area contributed by atoms with Gasteiger partial charge in [-0.3, -0.25) is 0 Å². The van der Waals surface area contributed by atoms with Crippen LogP contribution in [0.3, 0.4) is 0 Å². The summed E-state index contributed by atoms with van der Waals surface area (Å²) in [6, 6.07) is -0.152. The molecule has 3 rings (SSSR count). The molecule has 0 radical (unpaired) electrons. The summed E-state index contributed by atoms with van der Waals surface area (Å²) in [4.78, 5) is 1.91. The SMILES string of the molecule is C[C@]1(N2C(=S)S[C@@H]3CS(=O)(=O)C[C@H]32)CCS(=O)(=O)C1. The van der Waals surface area contributed by atoms with Gasteiger partial charge in [0.1, 0.15) is 4.32 Å². The third-order valence-electron chi connectivity index (χ3n) is 4.12. The van der Waals surface area contributed by atoms with Crippen molar-refractivity contribution in [1.29, 1.82) is 0 Å². The molecule has 3 fully saturated rings. The van der Waals surface area contributed by atoms with Gasteiger partial charge in [-0.25, -0.2) is 16.8 Å². The predicted octanol–water partition coefficient (Wildman–Crippen LogP) is 0.0629. The summed E-state index contributed by atoms with van der Waals surface area (Å²) in [6.45, 7) is 1.89. The molecular weight excluding hydrogens is 326 g/mol. The zero-order valence-electron chi connectivity index (χ0n) is 10.4. The lowest BCUT2D eigenvalue weighted by atomic mass is 9.97. The van der Waals surface area contributed by atoms with Gasteiger partial charge in [0.2, 0.25) is 0 Å². The number of sulfone groups is 2. The van der Waals surface area contributed by atoms with Crippen molar-refractivity contribution in [2.24, 2.45) is 0 Å². The minimum absolute atomic E-state index is 0.0300. The Morgan fingerprint density at radius 3 is 2.53 bits per heavy atom. The first kappa shape index (κ1) is 14.1. The number of nitrogens with zero attached hydrogens (tertiary/aromatic N) is 1. The van der Waals surface area contributed by atoms with Crippen LogP contribution in [0.2, 0.25) is 0 Å². The van der Waals surface area contributed by atoms with Crippen molar-refractivity contribution in [2.45, 2.75) is 30.2 Å². The topological polar surface area (TPSA) is 71.5 Å². The van der Waals surface area contributed by atoms with Gasteiger partial charge in [-0.1, -0.05) is 24.0 Å². The van der Waals surface area contributed by atoms with E-state index < -0.39 is 25.2 Å². The quantitative estimate of drug-likeness (QED) is 0.625. The lowest BCUT2D eigenvalue weighted by molar-refractivity contribution is 0.192. The van der Waals surface area contributed by atoms with Crippen LogP contribution >= 0.6 is 24.0 Å². The average molecular weight is 342 g/mol. The zero-order chi connectivity index (χ0) is 14.1. The van der Waals surface area contributed by atoms with Crippen LogP contribution in [0, 0.1) is 0 Å². The standard InChI is InChI=1S/C10H15NO4S4/c1-10(2-3-18(12,13)6-10)11-7-4-19(14,15)5-8(7)17-9(11)16/h7-8H,2-6H2,1H3/t7-,8-,10+/m1/s1. The summed E-state index contributed by atoms with van der Waals surface area (Å²) in [5, 5.41) is -0.0300. The van der Waals surface area contributed by atoms with E-state index in [0.717, 1.165) is 0 Å². The van der Waals surface area contributed by atoms with Crippen LogP contribution in [0.5, 0.6) is 0 Å². The van der Waals surface area contributed by atoms with E-state index in [-0.39, 0.29) is 34.3 Å². The second-order valence-electron chi connectivity index (χ2n) is 5.78. The van der Waals surface area contributed by atoms with Crippen LogP contribution in [-0.4, -0.2) is 65.9 Å². The molecule has 108 valence electrons. The Bertz CT molecular complexity index is 628. The smallest absolute Gasteiger partial charge is 0.153 e. The van der Waals surface area contributed by atoms with Crippen LogP contribution in [0.4, 0.5) is 0 Å². The molecule has 3 saturated heterocycles. The normalized spacial score (nSPS) is 43.6. The minimum atomic E-state index is -3.03. The predicted molar refractivity (Wildman–Crippen MR) is 79.9 cm³/mol. The largest absolute Gasteiger partial charge is 0.346 e. The molecule has 0 bridgehead atoms. The van der Waals surface area contributed by atoms with Gasteiger partial charge in [-0.05, 0) is 13.3 Å². The second-order valence-corrected chi connectivity index (χ2v) is 12.0. The van der Waals surface area contributed by atoms with Gasteiger partial charge in [0.05, 0.1) is 34.6 Å². The summed E-state index contributed by atoms with van der Waals surface area (Å²) < 4.78 is 47.6. The second kappa shape index (κ2) is 4.08. The maximum atomic E-state index is 11.7. The number of thiocarbonyl (C=S) groups is 1. The van der Waals surface area contributed by atoms with E-state index in [9.17, 15) is 16.8 Å². The van der Waals surface area contributed by atoms with Crippen LogP contribution in [-0.2, 0) is 19.7 Å². The molecule has 0 amide bonds. The van der Waals surface area contributed by atoms with E-state index in [1.54, 1.807) is 0 Å². The molecule has 19 heavy (non-hydrogen) atoms. The first-order chi connectivity index (χ1) is 8.62. The number of fused-ring (bicyclic) bond motifs is 1. The Kier molecular flexibility index (Phi) is 3.03. The van der Waals surface area contributed by atoms with Crippen molar-refractivity contribution in [2.75, 3.05) is 23.0 Å².